The number of alkyl halides is 3. The van der Waals surface area contributed by atoms with E-state index < -0.39 is 23.8 Å². The molecule has 1 heterocycles. The number of esters is 1. The van der Waals surface area contributed by atoms with E-state index in [-0.39, 0.29) is 12.1 Å². The Morgan fingerprint density at radius 2 is 2.00 bits per heavy atom. The molecule has 146 valence electrons. The summed E-state index contributed by atoms with van der Waals surface area (Å²) in [6, 6.07) is 4.36. The molecule has 2 aliphatic rings. The van der Waals surface area contributed by atoms with Crippen molar-refractivity contribution in [3.05, 3.63) is 46.7 Å². The van der Waals surface area contributed by atoms with Gasteiger partial charge in [-0.25, -0.2) is 4.79 Å². The molecule has 1 aliphatic heterocycles. The van der Waals surface area contributed by atoms with Crippen LogP contribution in [0.1, 0.15) is 50.8 Å². The number of hydrogen-bond acceptors (Lipinski definition) is 3. The van der Waals surface area contributed by atoms with Gasteiger partial charge in [-0.15, -0.1) is 0 Å². The number of benzene rings is 1. The van der Waals surface area contributed by atoms with Crippen molar-refractivity contribution in [1.29, 1.82) is 0 Å². The fourth-order valence-electron chi connectivity index (χ4n) is 3.22. The molecular formula is C19H21F3N2O2S. The van der Waals surface area contributed by atoms with Gasteiger partial charge in [0, 0.05) is 11.7 Å². The van der Waals surface area contributed by atoms with E-state index in [1.54, 1.807) is 26.8 Å². The van der Waals surface area contributed by atoms with Gasteiger partial charge >= 0.3 is 12.1 Å². The molecule has 1 atom stereocenters. The topological polar surface area (TPSA) is 41.6 Å². The molecule has 1 aromatic rings. The minimum Gasteiger partial charge on any atom is -0.459 e. The summed E-state index contributed by atoms with van der Waals surface area (Å²) in [6.45, 7) is 5.22. The van der Waals surface area contributed by atoms with E-state index in [9.17, 15) is 18.0 Å². The second kappa shape index (κ2) is 7.14. The molecule has 4 nitrogen and oxygen atoms in total. The fourth-order valence-corrected chi connectivity index (χ4v) is 3.62. The summed E-state index contributed by atoms with van der Waals surface area (Å²) in [7, 11) is 0. The third-order valence-electron chi connectivity index (χ3n) is 4.55. The van der Waals surface area contributed by atoms with Gasteiger partial charge in [-0.1, -0.05) is 12.1 Å². The lowest BCUT2D eigenvalue weighted by molar-refractivity contribution is -0.143. The first-order chi connectivity index (χ1) is 12.6. The van der Waals surface area contributed by atoms with Crippen molar-refractivity contribution in [3.8, 4) is 0 Å². The predicted molar refractivity (Wildman–Crippen MR) is 98.7 cm³/mol. The monoisotopic (exact) mass is 398 g/mol. The van der Waals surface area contributed by atoms with E-state index >= 15 is 0 Å². The number of hydrogen-bond donors (Lipinski definition) is 1. The van der Waals surface area contributed by atoms with Crippen LogP contribution < -0.4 is 5.32 Å². The lowest BCUT2D eigenvalue weighted by Crippen LogP contribution is -2.48. The molecule has 0 amide bonds. The van der Waals surface area contributed by atoms with Gasteiger partial charge < -0.3 is 15.0 Å². The molecule has 8 heteroatoms. The molecular weight excluding hydrogens is 377 g/mol. The molecule has 1 saturated carbocycles. The summed E-state index contributed by atoms with van der Waals surface area (Å²) in [5.41, 5.74) is 0.474. The number of allylic oxidation sites excluding steroid dienone is 1. The van der Waals surface area contributed by atoms with Crippen LogP contribution in [0.4, 0.5) is 13.2 Å². The molecule has 1 fully saturated rings. The summed E-state index contributed by atoms with van der Waals surface area (Å²) in [5, 5.41) is 3.46. The zero-order valence-electron chi connectivity index (χ0n) is 15.3. The van der Waals surface area contributed by atoms with Gasteiger partial charge in [0.2, 0.25) is 0 Å². The largest absolute Gasteiger partial charge is 0.459 e. The van der Waals surface area contributed by atoms with Crippen LogP contribution in [-0.4, -0.2) is 28.1 Å². The molecule has 0 bridgehead atoms. The normalized spacial score (nSPS) is 20.8. The van der Waals surface area contributed by atoms with Crippen molar-refractivity contribution in [1.82, 2.24) is 10.2 Å². The van der Waals surface area contributed by atoms with Crippen molar-refractivity contribution >= 4 is 23.3 Å². The van der Waals surface area contributed by atoms with Crippen LogP contribution in [0.3, 0.4) is 0 Å². The average Bonchev–Trinajstić information content (AvgIpc) is 3.37. The number of ether oxygens (including phenoxy) is 1. The quantitative estimate of drug-likeness (QED) is 0.604. The zero-order valence-corrected chi connectivity index (χ0v) is 16.1. The Balaban J connectivity index is 2.07. The SMILES string of the molecule is CC1=C(C(=O)OC(C)C)C(c2cccc(C(F)(F)F)c2)NC(=S)N1C1CC1. The number of halogens is 3. The molecule has 1 unspecified atom stereocenters. The minimum absolute atomic E-state index is 0.217. The van der Waals surface area contributed by atoms with Gasteiger partial charge in [0.1, 0.15) is 0 Å². The van der Waals surface area contributed by atoms with Gasteiger partial charge in [0.05, 0.1) is 23.3 Å². The molecule has 27 heavy (non-hydrogen) atoms. The summed E-state index contributed by atoms with van der Waals surface area (Å²) in [5.74, 6) is -0.550. The maximum atomic E-state index is 13.1. The smallest absolute Gasteiger partial charge is 0.416 e. The van der Waals surface area contributed by atoms with E-state index in [4.69, 9.17) is 17.0 Å². The van der Waals surface area contributed by atoms with E-state index in [0.717, 1.165) is 25.0 Å². The number of carbonyl (C=O) groups is 1. The van der Waals surface area contributed by atoms with Crippen LogP contribution in [0.2, 0.25) is 0 Å². The van der Waals surface area contributed by atoms with Crippen molar-refractivity contribution in [2.75, 3.05) is 0 Å². The first-order valence-electron chi connectivity index (χ1n) is 8.78. The highest BCUT2D eigenvalue weighted by molar-refractivity contribution is 7.80. The first-order valence-corrected chi connectivity index (χ1v) is 9.19. The Hall–Kier alpha value is -2.09. The molecule has 0 radical (unpaired) electrons. The van der Waals surface area contributed by atoms with Crippen LogP contribution in [0.25, 0.3) is 0 Å². The minimum atomic E-state index is -4.47. The summed E-state index contributed by atoms with van der Waals surface area (Å²) >= 11 is 5.44. The Bertz CT molecular complexity index is 800. The standard InChI is InChI=1S/C19H21F3N2O2S/c1-10(2)26-17(25)15-11(3)24(14-7-8-14)18(27)23-16(15)12-5-4-6-13(9-12)19(20,21)22/h4-6,9-10,14,16H,7-8H2,1-3H3,(H,23,27). The van der Waals surface area contributed by atoms with E-state index in [1.165, 1.54) is 6.07 Å². The summed E-state index contributed by atoms with van der Waals surface area (Å²) in [4.78, 5) is 14.6. The highest BCUT2D eigenvalue weighted by Gasteiger charge is 2.41. The van der Waals surface area contributed by atoms with E-state index in [0.29, 0.717) is 21.9 Å². The molecule has 3 rings (SSSR count). The third-order valence-corrected chi connectivity index (χ3v) is 4.86. The Kier molecular flexibility index (Phi) is 5.20. The average molecular weight is 398 g/mol. The summed E-state index contributed by atoms with van der Waals surface area (Å²) < 4.78 is 44.8. The maximum Gasteiger partial charge on any atom is 0.416 e. The fraction of sp³-hybridized carbons (Fsp3) is 0.474. The Morgan fingerprint density at radius 1 is 1.33 bits per heavy atom. The van der Waals surface area contributed by atoms with Gasteiger partial charge in [-0.05, 0) is 63.5 Å². The highest BCUT2D eigenvalue weighted by Crippen LogP contribution is 2.39. The molecule has 1 aliphatic carbocycles. The van der Waals surface area contributed by atoms with Crippen molar-refractivity contribution in [2.24, 2.45) is 0 Å². The second-order valence-corrected chi connectivity index (χ2v) is 7.45. The van der Waals surface area contributed by atoms with Gasteiger partial charge in [-0.2, -0.15) is 13.2 Å². The number of nitrogens with one attached hydrogen (secondary N) is 1. The number of carbonyl (C=O) groups excluding carboxylic acids is 1. The number of rotatable bonds is 4. The molecule has 0 aromatic heterocycles. The highest BCUT2D eigenvalue weighted by atomic mass is 32.1. The number of nitrogens with zero attached hydrogens (tertiary/aromatic N) is 1. The van der Waals surface area contributed by atoms with Crippen molar-refractivity contribution in [3.63, 3.8) is 0 Å². The molecule has 1 N–H and O–H groups in total. The van der Waals surface area contributed by atoms with Crippen molar-refractivity contribution in [2.45, 2.75) is 58.0 Å². The van der Waals surface area contributed by atoms with Crippen LogP contribution in [0.15, 0.2) is 35.5 Å². The maximum absolute atomic E-state index is 13.1. The van der Waals surface area contributed by atoms with E-state index in [2.05, 4.69) is 5.32 Å². The predicted octanol–water partition coefficient (Wildman–Crippen LogP) is 4.32. The second-order valence-electron chi connectivity index (χ2n) is 7.06. The van der Waals surface area contributed by atoms with Crippen LogP contribution in [-0.2, 0) is 15.7 Å². The Morgan fingerprint density at radius 3 is 2.56 bits per heavy atom. The molecule has 0 saturated heterocycles. The zero-order chi connectivity index (χ0) is 19.9. The van der Waals surface area contributed by atoms with Crippen LogP contribution in [0, 0.1) is 0 Å². The Labute approximate surface area is 161 Å². The van der Waals surface area contributed by atoms with Gasteiger partial charge in [0.15, 0.2) is 5.11 Å². The van der Waals surface area contributed by atoms with Crippen LogP contribution in [0.5, 0.6) is 0 Å². The van der Waals surface area contributed by atoms with Crippen molar-refractivity contribution < 1.29 is 22.7 Å². The molecule has 1 aromatic carbocycles. The lowest BCUT2D eigenvalue weighted by atomic mass is 9.93. The number of thiocarbonyl (C=S) groups is 1. The van der Waals surface area contributed by atoms with Crippen LogP contribution >= 0.6 is 12.2 Å². The van der Waals surface area contributed by atoms with Gasteiger partial charge in [-0.3, -0.25) is 0 Å². The first kappa shape index (κ1) is 19.7. The van der Waals surface area contributed by atoms with Gasteiger partial charge in [0.25, 0.3) is 0 Å². The lowest BCUT2D eigenvalue weighted by Gasteiger charge is -2.38. The third kappa shape index (κ3) is 4.10. The summed E-state index contributed by atoms with van der Waals surface area (Å²) in [6.07, 6.45) is -2.90. The van der Waals surface area contributed by atoms with E-state index in [1.807, 2.05) is 4.90 Å². The molecule has 0 spiro atoms.